The van der Waals surface area contributed by atoms with Gasteiger partial charge in [-0.15, -0.1) is 0 Å². The lowest BCUT2D eigenvalue weighted by Crippen LogP contribution is -2.39. The normalized spacial score (nSPS) is 20.4. The van der Waals surface area contributed by atoms with Crippen LogP contribution in [0.3, 0.4) is 0 Å². The summed E-state index contributed by atoms with van der Waals surface area (Å²) in [6.07, 6.45) is 2.27. The van der Waals surface area contributed by atoms with E-state index in [2.05, 4.69) is 15.2 Å². The third-order valence-electron chi connectivity index (χ3n) is 3.78. The number of methoxy groups -OCH3 is 1. The minimum atomic E-state index is 0.111. The molecule has 0 aromatic carbocycles. The fraction of sp³-hybridized carbons (Fsp3) is 0.692. The zero-order chi connectivity index (χ0) is 14.7. The second-order valence-electron chi connectivity index (χ2n) is 5.30. The molecule has 0 spiro atoms. The standard InChI is InChI=1S/C13H23N5O2/c1-9-11(12(14)16-19)13(17(2)15-9)18-6-4-5-10(7-18)8-20-3/h10,19H,4-8H2,1-3H3,(H2,14,16). The Balaban J connectivity index is 2.32. The molecule has 2 heterocycles. The molecule has 0 amide bonds. The van der Waals surface area contributed by atoms with E-state index in [4.69, 9.17) is 15.7 Å². The summed E-state index contributed by atoms with van der Waals surface area (Å²) >= 11 is 0. The Hall–Kier alpha value is -1.76. The smallest absolute Gasteiger partial charge is 0.175 e. The van der Waals surface area contributed by atoms with Gasteiger partial charge in [-0.1, -0.05) is 5.16 Å². The highest BCUT2D eigenvalue weighted by Crippen LogP contribution is 2.28. The Morgan fingerprint density at radius 2 is 2.35 bits per heavy atom. The number of ether oxygens (including phenoxy) is 1. The SMILES string of the molecule is COCC1CCCN(c2c(C(N)=NO)c(C)nn2C)C1. The van der Waals surface area contributed by atoms with Crippen LogP contribution >= 0.6 is 0 Å². The summed E-state index contributed by atoms with van der Waals surface area (Å²) in [6.45, 7) is 4.48. The van der Waals surface area contributed by atoms with Gasteiger partial charge in [-0.2, -0.15) is 5.10 Å². The van der Waals surface area contributed by atoms with Crippen molar-refractivity contribution in [3.8, 4) is 0 Å². The maximum Gasteiger partial charge on any atom is 0.175 e. The fourth-order valence-electron chi connectivity index (χ4n) is 2.99. The average Bonchev–Trinajstić information content (AvgIpc) is 2.73. The van der Waals surface area contributed by atoms with Crippen LogP contribution in [0, 0.1) is 12.8 Å². The van der Waals surface area contributed by atoms with E-state index in [1.54, 1.807) is 11.8 Å². The zero-order valence-electron chi connectivity index (χ0n) is 12.3. The van der Waals surface area contributed by atoms with E-state index < -0.39 is 0 Å². The van der Waals surface area contributed by atoms with Crippen LogP contribution in [-0.4, -0.2) is 47.6 Å². The summed E-state index contributed by atoms with van der Waals surface area (Å²) in [6, 6.07) is 0. The fourth-order valence-corrected chi connectivity index (χ4v) is 2.99. The second-order valence-corrected chi connectivity index (χ2v) is 5.30. The highest BCUT2D eigenvalue weighted by molar-refractivity contribution is 6.02. The molecule has 7 nitrogen and oxygen atoms in total. The van der Waals surface area contributed by atoms with E-state index in [1.165, 1.54) is 6.42 Å². The summed E-state index contributed by atoms with van der Waals surface area (Å²) in [5, 5.41) is 16.5. The number of piperidine rings is 1. The number of nitrogens with two attached hydrogens (primary N) is 1. The number of nitrogens with zero attached hydrogens (tertiary/aromatic N) is 4. The van der Waals surface area contributed by atoms with Crippen molar-refractivity contribution in [2.24, 2.45) is 23.9 Å². The number of rotatable bonds is 4. The molecule has 1 saturated heterocycles. The van der Waals surface area contributed by atoms with Gasteiger partial charge in [0.2, 0.25) is 0 Å². The summed E-state index contributed by atoms with van der Waals surface area (Å²) in [7, 11) is 3.62. The molecule has 20 heavy (non-hydrogen) atoms. The van der Waals surface area contributed by atoms with Gasteiger partial charge in [-0.25, -0.2) is 0 Å². The molecule has 112 valence electrons. The van der Waals surface area contributed by atoms with E-state index >= 15 is 0 Å². The number of hydrogen-bond acceptors (Lipinski definition) is 5. The molecular weight excluding hydrogens is 258 g/mol. The van der Waals surface area contributed by atoms with Crippen LogP contribution in [0.5, 0.6) is 0 Å². The minimum Gasteiger partial charge on any atom is -0.409 e. The Kier molecular flexibility index (Phi) is 4.49. The molecular formula is C13H23N5O2. The Labute approximate surface area is 119 Å². The minimum absolute atomic E-state index is 0.111. The first-order valence-corrected chi connectivity index (χ1v) is 6.83. The van der Waals surface area contributed by atoms with Crippen molar-refractivity contribution in [1.29, 1.82) is 0 Å². The summed E-state index contributed by atoms with van der Waals surface area (Å²) in [4.78, 5) is 2.25. The van der Waals surface area contributed by atoms with E-state index in [-0.39, 0.29) is 5.84 Å². The molecule has 1 unspecified atom stereocenters. The van der Waals surface area contributed by atoms with Crippen LogP contribution in [-0.2, 0) is 11.8 Å². The Bertz CT molecular complexity index is 495. The van der Waals surface area contributed by atoms with Gasteiger partial charge < -0.3 is 20.6 Å². The van der Waals surface area contributed by atoms with Gasteiger partial charge in [0, 0.05) is 27.2 Å². The Morgan fingerprint density at radius 3 is 3.00 bits per heavy atom. The quantitative estimate of drug-likeness (QED) is 0.367. The molecule has 3 N–H and O–H groups in total. The van der Waals surface area contributed by atoms with Crippen LogP contribution < -0.4 is 10.6 Å². The highest BCUT2D eigenvalue weighted by Gasteiger charge is 2.27. The average molecular weight is 281 g/mol. The molecule has 0 radical (unpaired) electrons. The molecule has 1 aromatic heterocycles. The second kappa shape index (κ2) is 6.13. The van der Waals surface area contributed by atoms with E-state index in [9.17, 15) is 0 Å². The third-order valence-corrected chi connectivity index (χ3v) is 3.78. The molecule has 1 aromatic rings. The summed E-state index contributed by atoms with van der Waals surface area (Å²) < 4.78 is 7.07. The molecule has 0 aliphatic carbocycles. The van der Waals surface area contributed by atoms with Gasteiger partial charge >= 0.3 is 0 Å². The topological polar surface area (TPSA) is 88.9 Å². The lowest BCUT2D eigenvalue weighted by Gasteiger charge is -2.34. The van der Waals surface area contributed by atoms with E-state index in [0.29, 0.717) is 11.5 Å². The van der Waals surface area contributed by atoms with Crippen LogP contribution in [0.15, 0.2) is 5.16 Å². The number of aryl methyl sites for hydroxylation is 2. The first-order chi connectivity index (χ1) is 9.58. The largest absolute Gasteiger partial charge is 0.409 e. The number of anilines is 1. The maximum absolute atomic E-state index is 8.97. The Morgan fingerprint density at radius 1 is 1.60 bits per heavy atom. The van der Waals surface area contributed by atoms with Crippen molar-refractivity contribution in [2.75, 3.05) is 31.7 Å². The van der Waals surface area contributed by atoms with Crippen molar-refractivity contribution in [2.45, 2.75) is 19.8 Å². The van der Waals surface area contributed by atoms with Gasteiger partial charge in [-0.05, 0) is 25.7 Å². The van der Waals surface area contributed by atoms with E-state index in [0.717, 1.165) is 37.6 Å². The van der Waals surface area contributed by atoms with Crippen molar-refractivity contribution < 1.29 is 9.94 Å². The molecule has 2 rings (SSSR count). The maximum atomic E-state index is 8.97. The van der Waals surface area contributed by atoms with Crippen molar-refractivity contribution in [1.82, 2.24) is 9.78 Å². The predicted molar refractivity (Wildman–Crippen MR) is 77.3 cm³/mol. The zero-order valence-corrected chi connectivity index (χ0v) is 12.3. The van der Waals surface area contributed by atoms with Gasteiger partial charge in [0.1, 0.15) is 5.82 Å². The molecule has 1 aliphatic rings. The first kappa shape index (κ1) is 14.6. The van der Waals surface area contributed by atoms with E-state index in [1.807, 2.05) is 14.0 Å². The monoisotopic (exact) mass is 281 g/mol. The van der Waals surface area contributed by atoms with Crippen LogP contribution in [0.4, 0.5) is 5.82 Å². The summed E-state index contributed by atoms with van der Waals surface area (Å²) in [5.41, 5.74) is 7.29. The van der Waals surface area contributed by atoms with Gasteiger partial charge in [-0.3, -0.25) is 4.68 Å². The number of amidine groups is 1. The van der Waals surface area contributed by atoms with Crippen LogP contribution in [0.1, 0.15) is 24.1 Å². The molecule has 0 bridgehead atoms. The highest BCUT2D eigenvalue weighted by atomic mass is 16.5. The molecule has 7 heteroatoms. The summed E-state index contributed by atoms with van der Waals surface area (Å²) in [5.74, 6) is 1.53. The lowest BCUT2D eigenvalue weighted by atomic mass is 9.98. The van der Waals surface area contributed by atoms with Gasteiger partial charge in [0.15, 0.2) is 5.84 Å². The predicted octanol–water partition coefficient (Wildman–Crippen LogP) is 0.686. The molecule has 1 atom stereocenters. The van der Waals surface area contributed by atoms with Crippen molar-refractivity contribution in [3.63, 3.8) is 0 Å². The number of hydrogen-bond donors (Lipinski definition) is 2. The number of aromatic nitrogens is 2. The molecule has 0 saturated carbocycles. The third kappa shape index (κ3) is 2.72. The van der Waals surface area contributed by atoms with Crippen molar-refractivity contribution in [3.05, 3.63) is 11.3 Å². The first-order valence-electron chi connectivity index (χ1n) is 6.83. The lowest BCUT2D eigenvalue weighted by molar-refractivity contribution is 0.143. The van der Waals surface area contributed by atoms with Gasteiger partial charge in [0.05, 0.1) is 17.9 Å². The molecule has 1 aliphatic heterocycles. The van der Waals surface area contributed by atoms with Crippen LogP contribution in [0.2, 0.25) is 0 Å². The van der Waals surface area contributed by atoms with Gasteiger partial charge in [0.25, 0.3) is 0 Å². The number of oxime groups is 1. The molecule has 1 fully saturated rings. The van der Waals surface area contributed by atoms with Crippen LogP contribution in [0.25, 0.3) is 0 Å². The van der Waals surface area contributed by atoms with Crippen molar-refractivity contribution >= 4 is 11.7 Å².